The lowest BCUT2D eigenvalue weighted by molar-refractivity contribution is -0.123. The zero-order valence-corrected chi connectivity index (χ0v) is 27.2. The molecule has 1 heterocycles. The van der Waals surface area contributed by atoms with Crippen LogP contribution in [-0.2, 0) is 11.3 Å². The Labute approximate surface area is 273 Å². The Morgan fingerprint density at radius 1 is 0.913 bits per heavy atom. The van der Waals surface area contributed by atoms with Crippen molar-refractivity contribution in [3.8, 4) is 0 Å². The van der Waals surface area contributed by atoms with Crippen LogP contribution in [0.5, 0.6) is 0 Å². The summed E-state index contributed by atoms with van der Waals surface area (Å²) in [5.74, 6) is 1.03. The van der Waals surface area contributed by atoms with Crippen molar-refractivity contribution >= 4 is 50.3 Å². The van der Waals surface area contributed by atoms with Gasteiger partial charge in [0.15, 0.2) is 5.17 Å². The average molecular weight is 636 g/mol. The van der Waals surface area contributed by atoms with Gasteiger partial charge in [-0.3, -0.25) is 14.6 Å². The molecule has 0 aliphatic heterocycles. The van der Waals surface area contributed by atoms with Gasteiger partial charge in [-0.25, -0.2) is 4.98 Å². The summed E-state index contributed by atoms with van der Waals surface area (Å²) in [6.07, 6.45) is 4.67. The Hall–Kier alpha value is -4.67. The fraction of sp³-hybridized carbons (Fsp3) is 0.278. The summed E-state index contributed by atoms with van der Waals surface area (Å²) in [5.41, 5.74) is 8.48. The van der Waals surface area contributed by atoms with Crippen molar-refractivity contribution in [3.05, 3.63) is 114 Å². The molecule has 0 saturated carbocycles. The maximum atomic E-state index is 13.9. The van der Waals surface area contributed by atoms with E-state index in [1.54, 1.807) is 13.2 Å². The first-order valence-electron chi connectivity index (χ1n) is 15.5. The number of aliphatic imine (C=N–C) groups is 1. The van der Waals surface area contributed by atoms with E-state index in [2.05, 4.69) is 56.0 Å². The zero-order chi connectivity index (χ0) is 32.5. The van der Waals surface area contributed by atoms with Crippen LogP contribution in [0.1, 0.15) is 66.1 Å². The number of carbonyl (C=O) groups excluding carboxylic acids is 2. The third-order valence-corrected chi connectivity index (χ3v) is 9.14. The lowest BCUT2D eigenvalue weighted by Gasteiger charge is -2.23. The zero-order valence-electron chi connectivity index (χ0n) is 26.4. The molecule has 5 aromatic rings. The first-order chi connectivity index (χ1) is 22.4. The number of hydrogen-bond acceptors (Lipinski definition) is 6. The van der Waals surface area contributed by atoms with Gasteiger partial charge in [0.1, 0.15) is 11.9 Å². The van der Waals surface area contributed by atoms with Crippen molar-refractivity contribution in [2.45, 2.75) is 51.4 Å². The third kappa shape index (κ3) is 7.94. The van der Waals surface area contributed by atoms with E-state index in [0.717, 1.165) is 38.5 Å². The fourth-order valence-electron chi connectivity index (χ4n) is 5.64. The predicted molar refractivity (Wildman–Crippen MR) is 189 cm³/mol. The normalized spacial score (nSPS) is 13.8. The van der Waals surface area contributed by atoms with E-state index in [-0.39, 0.29) is 23.9 Å². The first kappa shape index (κ1) is 32.7. The second kappa shape index (κ2) is 15.6. The Balaban J connectivity index is 1.34. The number of aromatic amines is 1. The summed E-state index contributed by atoms with van der Waals surface area (Å²) in [6.45, 7) is 4.63. The van der Waals surface area contributed by atoms with Crippen LogP contribution in [0.2, 0.25) is 0 Å². The number of amidine groups is 1. The number of nitrogens with one attached hydrogen (secondary N) is 4. The molecule has 0 saturated heterocycles. The van der Waals surface area contributed by atoms with Gasteiger partial charge in [0, 0.05) is 37.3 Å². The molecule has 0 spiro atoms. The lowest BCUT2D eigenvalue weighted by atomic mass is 9.98. The van der Waals surface area contributed by atoms with Gasteiger partial charge in [-0.05, 0) is 65.4 Å². The number of aromatic nitrogens is 2. The van der Waals surface area contributed by atoms with E-state index in [1.165, 1.54) is 11.8 Å². The molecule has 2 amide bonds. The van der Waals surface area contributed by atoms with Crippen molar-refractivity contribution < 1.29 is 9.59 Å². The Bertz CT molecular complexity index is 1820. The summed E-state index contributed by atoms with van der Waals surface area (Å²) in [6, 6.07) is 24.9. The fourth-order valence-corrected chi connectivity index (χ4v) is 6.29. The standard InChI is InChI=1S/C36H41N7O2S/c1-23(27-15-8-11-25-10-4-5-12-28(25)27)42-35(45)32(16-9-21-46-36(37)38-3)43-34(44)31-18-17-26(29-13-6-7-14-30(29)31)22-41-24(2)33-39-19-20-40-33/h4-8,10-15,17-20,23-24,32,41H,9,16,21-22H2,1-3H3,(H2,37,38)(H,39,40)(H,42,45)(H,43,44)/t23-,24?,32-/m0/s1. The minimum absolute atomic E-state index is 0.0318. The summed E-state index contributed by atoms with van der Waals surface area (Å²) in [4.78, 5) is 39.1. The number of imidazole rings is 1. The molecule has 4 aromatic carbocycles. The summed E-state index contributed by atoms with van der Waals surface area (Å²) in [5, 5.41) is 14.2. The number of amides is 2. The van der Waals surface area contributed by atoms with Crippen molar-refractivity contribution in [1.29, 1.82) is 0 Å². The van der Waals surface area contributed by atoms with Crippen LogP contribution in [0, 0.1) is 0 Å². The number of carbonyl (C=O) groups is 2. The second-order valence-electron chi connectivity index (χ2n) is 11.3. The highest BCUT2D eigenvalue weighted by molar-refractivity contribution is 8.13. The van der Waals surface area contributed by atoms with Crippen molar-refractivity contribution in [2.24, 2.45) is 10.7 Å². The van der Waals surface area contributed by atoms with E-state index < -0.39 is 6.04 Å². The van der Waals surface area contributed by atoms with Gasteiger partial charge >= 0.3 is 0 Å². The quantitative estimate of drug-likeness (QED) is 0.0612. The number of fused-ring (bicyclic) bond motifs is 2. The van der Waals surface area contributed by atoms with Gasteiger partial charge in [-0.2, -0.15) is 0 Å². The minimum Gasteiger partial charge on any atom is -0.379 e. The number of H-pyrrole nitrogens is 1. The third-order valence-electron chi connectivity index (χ3n) is 8.17. The van der Waals surface area contributed by atoms with Gasteiger partial charge in [-0.1, -0.05) is 84.6 Å². The average Bonchev–Trinajstić information content (AvgIpc) is 3.63. The molecule has 10 heteroatoms. The highest BCUT2D eigenvalue weighted by atomic mass is 32.2. The van der Waals surface area contributed by atoms with Crippen molar-refractivity contribution in [3.63, 3.8) is 0 Å². The van der Waals surface area contributed by atoms with E-state index >= 15 is 0 Å². The SMILES string of the molecule is CN=C(N)SCCC[C@H](NC(=O)c1ccc(CNC(C)c2ncc[nH]2)c2ccccc12)C(=O)N[C@@H](C)c1cccc2ccccc12. The number of thioether (sulfide) groups is 1. The lowest BCUT2D eigenvalue weighted by Crippen LogP contribution is -2.47. The van der Waals surface area contributed by atoms with Crippen LogP contribution in [0.3, 0.4) is 0 Å². The monoisotopic (exact) mass is 635 g/mol. The van der Waals surface area contributed by atoms with Gasteiger partial charge in [0.05, 0.1) is 12.1 Å². The predicted octanol–water partition coefficient (Wildman–Crippen LogP) is 6.00. The molecular formula is C36H41N7O2S. The van der Waals surface area contributed by atoms with Crippen LogP contribution in [0.25, 0.3) is 21.5 Å². The topological polar surface area (TPSA) is 137 Å². The van der Waals surface area contributed by atoms with Crippen LogP contribution in [0.4, 0.5) is 0 Å². The molecule has 238 valence electrons. The first-order valence-corrected chi connectivity index (χ1v) is 16.5. The molecule has 1 aromatic heterocycles. The molecule has 0 bridgehead atoms. The molecule has 0 radical (unpaired) electrons. The smallest absolute Gasteiger partial charge is 0.252 e. The molecule has 1 unspecified atom stereocenters. The molecular weight excluding hydrogens is 595 g/mol. The van der Waals surface area contributed by atoms with E-state index in [4.69, 9.17) is 5.73 Å². The van der Waals surface area contributed by atoms with Crippen molar-refractivity contribution in [1.82, 2.24) is 25.9 Å². The van der Waals surface area contributed by atoms with Gasteiger partial charge in [-0.15, -0.1) is 0 Å². The molecule has 3 atom stereocenters. The number of nitrogens with two attached hydrogens (primary N) is 1. The summed E-state index contributed by atoms with van der Waals surface area (Å²) < 4.78 is 0. The van der Waals surface area contributed by atoms with Crippen LogP contribution >= 0.6 is 11.8 Å². The Kier molecular flexibility index (Phi) is 11.1. The van der Waals surface area contributed by atoms with Crippen LogP contribution in [-0.4, -0.2) is 45.8 Å². The summed E-state index contributed by atoms with van der Waals surface area (Å²) >= 11 is 1.44. The Morgan fingerprint density at radius 3 is 2.41 bits per heavy atom. The van der Waals surface area contributed by atoms with Crippen LogP contribution in [0.15, 0.2) is 96.2 Å². The van der Waals surface area contributed by atoms with Gasteiger partial charge < -0.3 is 26.7 Å². The van der Waals surface area contributed by atoms with E-state index in [0.29, 0.717) is 35.9 Å². The maximum Gasteiger partial charge on any atom is 0.252 e. The molecule has 46 heavy (non-hydrogen) atoms. The molecule has 0 aliphatic rings. The maximum absolute atomic E-state index is 13.9. The highest BCUT2D eigenvalue weighted by Crippen LogP contribution is 2.26. The largest absolute Gasteiger partial charge is 0.379 e. The minimum atomic E-state index is -0.737. The number of rotatable bonds is 13. The molecule has 5 rings (SSSR count). The number of nitrogens with zero attached hydrogens (tertiary/aromatic N) is 2. The number of benzene rings is 4. The van der Waals surface area contributed by atoms with Crippen LogP contribution < -0.4 is 21.7 Å². The highest BCUT2D eigenvalue weighted by Gasteiger charge is 2.25. The number of hydrogen-bond donors (Lipinski definition) is 5. The molecule has 0 aliphatic carbocycles. The van der Waals surface area contributed by atoms with Gasteiger partial charge in [0.25, 0.3) is 5.91 Å². The van der Waals surface area contributed by atoms with Gasteiger partial charge in [0.2, 0.25) is 5.91 Å². The second-order valence-corrected chi connectivity index (χ2v) is 12.4. The van der Waals surface area contributed by atoms with E-state index in [9.17, 15) is 9.59 Å². The Morgan fingerprint density at radius 2 is 1.65 bits per heavy atom. The molecule has 9 nitrogen and oxygen atoms in total. The van der Waals surface area contributed by atoms with E-state index in [1.807, 2.05) is 73.8 Å². The molecule has 0 fully saturated rings. The summed E-state index contributed by atoms with van der Waals surface area (Å²) in [7, 11) is 1.65. The molecule has 6 N–H and O–H groups in total. The van der Waals surface area contributed by atoms with Crippen molar-refractivity contribution in [2.75, 3.05) is 12.8 Å².